The van der Waals surface area contributed by atoms with Crippen molar-refractivity contribution in [1.82, 2.24) is 4.90 Å². The first-order chi connectivity index (χ1) is 6.56. The number of aliphatic hydroxyl groups excluding tert-OH is 1. The first-order valence-corrected chi connectivity index (χ1v) is 4.31. The fourth-order valence-electron chi connectivity index (χ4n) is 1.33. The summed E-state index contributed by atoms with van der Waals surface area (Å²) in [6.07, 6.45) is 0.310. The Kier molecular flexibility index (Phi) is 3.11. The minimum Gasteiger partial charge on any atom is -0.512 e. The lowest BCUT2D eigenvalue weighted by atomic mass is 10.1. The van der Waals surface area contributed by atoms with E-state index < -0.39 is 5.97 Å². The second kappa shape index (κ2) is 4.13. The fraction of sp³-hybridized carbons (Fsp3) is 0.556. The van der Waals surface area contributed by atoms with Gasteiger partial charge in [-0.25, -0.2) is 4.79 Å². The summed E-state index contributed by atoms with van der Waals surface area (Å²) in [5.41, 5.74) is 0.175. The third-order valence-electron chi connectivity index (χ3n) is 2.19. The van der Waals surface area contributed by atoms with E-state index >= 15 is 0 Å². The van der Waals surface area contributed by atoms with Crippen LogP contribution in [0.4, 0.5) is 0 Å². The van der Waals surface area contributed by atoms with Crippen molar-refractivity contribution >= 4 is 11.9 Å². The first kappa shape index (κ1) is 10.6. The summed E-state index contributed by atoms with van der Waals surface area (Å²) in [5.74, 6) is -0.665. The third-order valence-corrected chi connectivity index (χ3v) is 2.19. The van der Waals surface area contributed by atoms with Crippen LogP contribution in [0.1, 0.15) is 13.3 Å². The normalized spacial score (nSPS) is 16.9. The van der Waals surface area contributed by atoms with Gasteiger partial charge < -0.3 is 14.7 Å². The summed E-state index contributed by atoms with van der Waals surface area (Å²) >= 11 is 0. The van der Waals surface area contributed by atoms with Crippen LogP contribution < -0.4 is 0 Å². The molecule has 0 aliphatic carbocycles. The van der Waals surface area contributed by atoms with Gasteiger partial charge in [-0.1, -0.05) is 0 Å². The summed E-state index contributed by atoms with van der Waals surface area (Å²) in [6, 6.07) is 0. The van der Waals surface area contributed by atoms with Crippen LogP contribution in [0.2, 0.25) is 0 Å². The maximum atomic E-state index is 11.2. The topological polar surface area (TPSA) is 66.8 Å². The summed E-state index contributed by atoms with van der Waals surface area (Å²) in [5, 5.41) is 9.41. The number of nitrogens with zero attached hydrogens (tertiary/aromatic N) is 1. The van der Waals surface area contributed by atoms with Crippen molar-refractivity contribution in [2.75, 3.05) is 20.2 Å². The van der Waals surface area contributed by atoms with E-state index in [0.717, 1.165) is 0 Å². The highest BCUT2D eigenvalue weighted by molar-refractivity contribution is 5.90. The first-order valence-electron chi connectivity index (χ1n) is 4.31. The second-order valence-corrected chi connectivity index (χ2v) is 3.11. The van der Waals surface area contributed by atoms with Crippen LogP contribution in [-0.2, 0) is 14.3 Å². The van der Waals surface area contributed by atoms with Crippen molar-refractivity contribution in [2.45, 2.75) is 13.3 Å². The number of rotatable bonds is 1. The van der Waals surface area contributed by atoms with Crippen molar-refractivity contribution in [3.05, 3.63) is 11.3 Å². The molecule has 1 rings (SSSR count). The zero-order chi connectivity index (χ0) is 10.7. The Labute approximate surface area is 82.0 Å². The number of hydrogen-bond donors (Lipinski definition) is 1. The molecule has 1 heterocycles. The number of hydrogen-bond acceptors (Lipinski definition) is 4. The molecule has 0 bridgehead atoms. The summed E-state index contributed by atoms with van der Waals surface area (Å²) in [4.78, 5) is 23.7. The fourth-order valence-corrected chi connectivity index (χ4v) is 1.33. The van der Waals surface area contributed by atoms with Gasteiger partial charge in [0.25, 0.3) is 0 Å². The van der Waals surface area contributed by atoms with E-state index in [9.17, 15) is 14.7 Å². The number of ether oxygens (including phenoxy) is 1. The standard InChI is InChI=1S/C9H13NO4/c1-6(11)10-4-3-8(12)7(5-10)9(13)14-2/h12H,3-5H2,1-2H3. The summed E-state index contributed by atoms with van der Waals surface area (Å²) in [6.45, 7) is 2.01. The highest BCUT2D eigenvalue weighted by Crippen LogP contribution is 2.16. The van der Waals surface area contributed by atoms with Gasteiger partial charge in [-0.3, -0.25) is 4.79 Å². The quantitative estimate of drug-likeness (QED) is 0.613. The van der Waals surface area contributed by atoms with E-state index in [4.69, 9.17) is 0 Å². The van der Waals surface area contributed by atoms with Gasteiger partial charge in [0.15, 0.2) is 0 Å². The molecule has 5 heteroatoms. The molecule has 1 N–H and O–H groups in total. The van der Waals surface area contributed by atoms with Crippen LogP contribution in [0.25, 0.3) is 0 Å². The zero-order valence-electron chi connectivity index (χ0n) is 8.24. The molecule has 0 aromatic carbocycles. The minimum absolute atomic E-state index is 0.0225. The predicted octanol–water partition coefficient (Wildman–Crippen LogP) is 0.224. The van der Waals surface area contributed by atoms with Crippen LogP contribution in [0.3, 0.4) is 0 Å². The Balaban J connectivity index is 2.81. The molecule has 78 valence electrons. The molecular weight excluding hydrogens is 186 g/mol. The smallest absolute Gasteiger partial charge is 0.338 e. The van der Waals surface area contributed by atoms with E-state index in [0.29, 0.717) is 13.0 Å². The highest BCUT2D eigenvalue weighted by atomic mass is 16.5. The Morgan fingerprint density at radius 3 is 2.64 bits per heavy atom. The molecule has 0 spiro atoms. The Morgan fingerprint density at radius 2 is 2.14 bits per heavy atom. The lowest BCUT2D eigenvalue weighted by molar-refractivity contribution is -0.137. The monoisotopic (exact) mass is 199 g/mol. The number of aliphatic hydroxyl groups is 1. The molecule has 0 aromatic heterocycles. The van der Waals surface area contributed by atoms with E-state index in [1.807, 2.05) is 0 Å². The van der Waals surface area contributed by atoms with E-state index in [-0.39, 0.29) is 23.8 Å². The van der Waals surface area contributed by atoms with Gasteiger partial charge in [-0.15, -0.1) is 0 Å². The second-order valence-electron chi connectivity index (χ2n) is 3.11. The predicted molar refractivity (Wildman–Crippen MR) is 48.5 cm³/mol. The number of carbonyl (C=O) groups excluding carboxylic acids is 2. The number of esters is 1. The zero-order valence-corrected chi connectivity index (χ0v) is 8.24. The molecule has 0 aromatic rings. The summed E-state index contributed by atoms with van der Waals surface area (Å²) in [7, 11) is 1.25. The lowest BCUT2D eigenvalue weighted by Crippen LogP contribution is -2.37. The molecule has 0 saturated carbocycles. The van der Waals surface area contributed by atoms with Gasteiger partial charge in [0.2, 0.25) is 5.91 Å². The number of methoxy groups -OCH3 is 1. The maximum Gasteiger partial charge on any atom is 0.338 e. The number of carbonyl (C=O) groups is 2. The molecule has 0 fully saturated rings. The SMILES string of the molecule is COC(=O)C1=C(O)CCN(C(C)=O)C1. The van der Waals surface area contributed by atoms with Crippen molar-refractivity contribution in [2.24, 2.45) is 0 Å². The van der Waals surface area contributed by atoms with Crippen molar-refractivity contribution in [3.8, 4) is 0 Å². The molecular formula is C9H13NO4. The van der Waals surface area contributed by atoms with Crippen LogP contribution in [-0.4, -0.2) is 42.1 Å². The van der Waals surface area contributed by atoms with Gasteiger partial charge in [0.05, 0.1) is 19.2 Å². The third kappa shape index (κ3) is 2.04. The largest absolute Gasteiger partial charge is 0.512 e. The van der Waals surface area contributed by atoms with Crippen LogP contribution in [0, 0.1) is 0 Å². The average molecular weight is 199 g/mol. The van der Waals surface area contributed by atoms with Crippen LogP contribution >= 0.6 is 0 Å². The molecule has 1 aliphatic heterocycles. The molecule has 5 nitrogen and oxygen atoms in total. The van der Waals surface area contributed by atoms with Gasteiger partial charge >= 0.3 is 5.97 Å². The van der Waals surface area contributed by atoms with Crippen LogP contribution in [0.5, 0.6) is 0 Å². The molecule has 0 atom stereocenters. The molecule has 0 unspecified atom stereocenters. The lowest BCUT2D eigenvalue weighted by Gasteiger charge is -2.26. The van der Waals surface area contributed by atoms with E-state index in [2.05, 4.69) is 4.74 Å². The van der Waals surface area contributed by atoms with E-state index in [1.54, 1.807) is 0 Å². The van der Waals surface area contributed by atoms with Gasteiger partial charge in [0, 0.05) is 19.9 Å². The molecule has 0 saturated heterocycles. The molecule has 1 aliphatic rings. The average Bonchev–Trinajstić information content (AvgIpc) is 2.17. The molecule has 1 amide bonds. The minimum atomic E-state index is -0.576. The van der Waals surface area contributed by atoms with Crippen molar-refractivity contribution in [1.29, 1.82) is 0 Å². The van der Waals surface area contributed by atoms with Crippen LogP contribution in [0.15, 0.2) is 11.3 Å². The van der Waals surface area contributed by atoms with Crippen molar-refractivity contribution in [3.63, 3.8) is 0 Å². The van der Waals surface area contributed by atoms with Gasteiger partial charge in [-0.2, -0.15) is 0 Å². The highest BCUT2D eigenvalue weighted by Gasteiger charge is 2.25. The molecule has 14 heavy (non-hydrogen) atoms. The Morgan fingerprint density at radius 1 is 1.50 bits per heavy atom. The Hall–Kier alpha value is -1.52. The van der Waals surface area contributed by atoms with Gasteiger partial charge in [-0.05, 0) is 0 Å². The Bertz CT molecular complexity index is 295. The van der Waals surface area contributed by atoms with Gasteiger partial charge in [0.1, 0.15) is 5.76 Å². The van der Waals surface area contributed by atoms with E-state index in [1.165, 1.54) is 18.9 Å². The molecule has 0 radical (unpaired) electrons. The maximum absolute atomic E-state index is 11.2. The van der Waals surface area contributed by atoms with Crippen molar-refractivity contribution < 1.29 is 19.4 Å². The summed E-state index contributed by atoms with van der Waals surface area (Å²) < 4.78 is 4.49. The number of amides is 1.